The molecule has 0 saturated carbocycles. The molecular formula is C27H31N3O3. The molecule has 2 amide bonds. The van der Waals surface area contributed by atoms with E-state index in [2.05, 4.69) is 15.6 Å². The number of nitrogens with zero attached hydrogens (tertiary/aromatic N) is 1. The number of carbonyl (C=O) groups excluding carboxylic acids is 2. The monoisotopic (exact) mass is 445 g/mol. The second-order valence-electron chi connectivity index (χ2n) is 8.46. The molecule has 0 saturated heterocycles. The first-order valence-electron chi connectivity index (χ1n) is 11.2. The Balaban J connectivity index is 1.63. The van der Waals surface area contributed by atoms with Gasteiger partial charge in [-0.2, -0.15) is 0 Å². The summed E-state index contributed by atoms with van der Waals surface area (Å²) in [4.78, 5) is 29.6. The van der Waals surface area contributed by atoms with Crippen LogP contribution < -0.4 is 15.4 Å². The third kappa shape index (κ3) is 7.45. The number of aromatic nitrogens is 1. The molecule has 0 aliphatic carbocycles. The second kappa shape index (κ2) is 11.8. The lowest BCUT2D eigenvalue weighted by Crippen LogP contribution is -2.41. The van der Waals surface area contributed by atoms with Gasteiger partial charge in [-0.1, -0.05) is 62.4 Å². The molecule has 2 unspecified atom stereocenters. The zero-order valence-corrected chi connectivity index (χ0v) is 19.3. The quantitative estimate of drug-likeness (QED) is 0.472. The SMILES string of the molecule is CC(C)CC(=O)NC(C(=O)NC(C)c1ccc(OCc2cccnc2)cc1)c1ccccc1. The van der Waals surface area contributed by atoms with E-state index >= 15 is 0 Å². The van der Waals surface area contributed by atoms with Crippen LogP contribution in [0.5, 0.6) is 5.75 Å². The molecule has 6 heteroatoms. The Morgan fingerprint density at radius 1 is 0.879 bits per heavy atom. The molecule has 0 fully saturated rings. The fourth-order valence-corrected chi connectivity index (χ4v) is 3.42. The van der Waals surface area contributed by atoms with Crippen LogP contribution in [0.4, 0.5) is 0 Å². The fraction of sp³-hybridized carbons (Fsp3) is 0.296. The van der Waals surface area contributed by atoms with Gasteiger partial charge in [0.15, 0.2) is 0 Å². The van der Waals surface area contributed by atoms with Crippen molar-refractivity contribution in [2.24, 2.45) is 5.92 Å². The van der Waals surface area contributed by atoms with Gasteiger partial charge in [-0.3, -0.25) is 14.6 Å². The number of carbonyl (C=O) groups is 2. The van der Waals surface area contributed by atoms with Gasteiger partial charge < -0.3 is 15.4 Å². The summed E-state index contributed by atoms with van der Waals surface area (Å²) in [5.41, 5.74) is 2.68. The Kier molecular flexibility index (Phi) is 8.58. The van der Waals surface area contributed by atoms with E-state index in [1.165, 1.54) is 0 Å². The van der Waals surface area contributed by atoms with E-state index in [4.69, 9.17) is 4.74 Å². The first-order valence-corrected chi connectivity index (χ1v) is 11.2. The van der Waals surface area contributed by atoms with Gasteiger partial charge in [-0.05, 0) is 42.2 Å². The van der Waals surface area contributed by atoms with Crippen molar-refractivity contribution in [1.82, 2.24) is 15.6 Å². The number of pyridine rings is 1. The van der Waals surface area contributed by atoms with Crippen molar-refractivity contribution in [1.29, 1.82) is 0 Å². The van der Waals surface area contributed by atoms with Gasteiger partial charge in [0.05, 0.1) is 6.04 Å². The third-order valence-corrected chi connectivity index (χ3v) is 5.16. The Labute approximate surface area is 195 Å². The number of nitrogens with one attached hydrogen (secondary N) is 2. The number of amides is 2. The molecular weight excluding hydrogens is 414 g/mol. The number of benzene rings is 2. The van der Waals surface area contributed by atoms with Crippen molar-refractivity contribution in [2.75, 3.05) is 0 Å². The standard InChI is InChI=1S/C27H31N3O3/c1-19(2)16-25(31)30-26(23-9-5-4-6-10-23)27(32)29-20(3)22-11-13-24(14-12-22)33-18-21-8-7-15-28-17-21/h4-15,17,19-20,26H,16,18H2,1-3H3,(H,29,32)(H,30,31). The minimum Gasteiger partial charge on any atom is -0.489 e. The third-order valence-electron chi connectivity index (χ3n) is 5.16. The molecule has 172 valence electrons. The van der Waals surface area contributed by atoms with E-state index in [0.717, 1.165) is 22.4 Å². The summed E-state index contributed by atoms with van der Waals surface area (Å²) < 4.78 is 5.80. The molecule has 0 radical (unpaired) electrons. The number of hydrogen-bond donors (Lipinski definition) is 2. The minimum absolute atomic E-state index is 0.142. The van der Waals surface area contributed by atoms with Crippen LogP contribution in [0.1, 0.15) is 56.0 Å². The maximum Gasteiger partial charge on any atom is 0.247 e. The van der Waals surface area contributed by atoms with E-state index in [1.807, 2.05) is 87.5 Å². The highest BCUT2D eigenvalue weighted by atomic mass is 16.5. The van der Waals surface area contributed by atoms with Crippen molar-refractivity contribution >= 4 is 11.8 Å². The summed E-state index contributed by atoms with van der Waals surface area (Å²) in [6.07, 6.45) is 3.87. The van der Waals surface area contributed by atoms with Crippen LogP contribution in [0.25, 0.3) is 0 Å². The first-order chi connectivity index (χ1) is 15.9. The van der Waals surface area contributed by atoms with Gasteiger partial charge in [-0.25, -0.2) is 0 Å². The van der Waals surface area contributed by atoms with Crippen molar-refractivity contribution in [3.8, 4) is 5.75 Å². The van der Waals surface area contributed by atoms with Crippen molar-refractivity contribution in [3.63, 3.8) is 0 Å². The van der Waals surface area contributed by atoms with Crippen molar-refractivity contribution in [2.45, 2.75) is 45.9 Å². The van der Waals surface area contributed by atoms with E-state index in [0.29, 0.717) is 13.0 Å². The molecule has 33 heavy (non-hydrogen) atoms. The predicted octanol–water partition coefficient (Wildman–Crippen LogP) is 4.74. The first kappa shape index (κ1) is 24.0. The van der Waals surface area contributed by atoms with Crippen LogP contribution in [-0.4, -0.2) is 16.8 Å². The summed E-state index contributed by atoms with van der Waals surface area (Å²) in [6.45, 7) is 6.31. The van der Waals surface area contributed by atoms with Crippen LogP contribution in [0, 0.1) is 5.92 Å². The van der Waals surface area contributed by atoms with E-state index in [1.54, 1.807) is 12.4 Å². The van der Waals surface area contributed by atoms with Crippen LogP contribution in [-0.2, 0) is 16.2 Å². The maximum absolute atomic E-state index is 13.1. The molecule has 0 bridgehead atoms. The van der Waals surface area contributed by atoms with Gasteiger partial charge in [0.2, 0.25) is 11.8 Å². The van der Waals surface area contributed by atoms with E-state index in [-0.39, 0.29) is 23.8 Å². The largest absolute Gasteiger partial charge is 0.489 e. The summed E-state index contributed by atoms with van der Waals surface area (Å²) in [5, 5.41) is 5.91. The van der Waals surface area contributed by atoms with Crippen LogP contribution in [0.3, 0.4) is 0 Å². The van der Waals surface area contributed by atoms with E-state index < -0.39 is 6.04 Å². The highest BCUT2D eigenvalue weighted by molar-refractivity contribution is 5.89. The lowest BCUT2D eigenvalue weighted by molar-refractivity contribution is -0.130. The molecule has 3 rings (SSSR count). The van der Waals surface area contributed by atoms with Crippen molar-refractivity contribution < 1.29 is 14.3 Å². The molecule has 1 aromatic heterocycles. The highest BCUT2D eigenvalue weighted by Gasteiger charge is 2.24. The average Bonchev–Trinajstić information content (AvgIpc) is 2.82. The minimum atomic E-state index is -0.748. The predicted molar refractivity (Wildman–Crippen MR) is 128 cm³/mol. The molecule has 2 aromatic carbocycles. The molecule has 3 aromatic rings. The summed E-state index contributed by atoms with van der Waals surface area (Å²) in [7, 11) is 0. The van der Waals surface area contributed by atoms with Gasteiger partial charge in [0.1, 0.15) is 18.4 Å². The lowest BCUT2D eigenvalue weighted by Gasteiger charge is -2.22. The Hall–Kier alpha value is -3.67. The normalized spacial score (nSPS) is 12.6. The smallest absolute Gasteiger partial charge is 0.247 e. The summed E-state index contributed by atoms with van der Waals surface area (Å²) in [5.74, 6) is 0.561. The number of hydrogen-bond acceptors (Lipinski definition) is 4. The molecule has 6 nitrogen and oxygen atoms in total. The zero-order valence-electron chi connectivity index (χ0n) is 19.3. The zero-order chi connectivity index (χ0) is 23.6. The summed E-state index contributed by atoms with van der Waals surface area (Å²) in [6, 6.07) is 19.8. The second-order valence-corrected chi connectivity index (χ2v) is 8.46. The molecule has 0 aliphatic rings. The molecule has 2 atom stereocenters. The fourth-order valence-electron chi connectivity index (χ4n) is 3.42. The molecule has 1 heterocycles. The van der Waals surface area contributed by atoms with Crippen LogP contribution in [0.2, 0.25) is 0 Å². The highest BCUT2D eigenvalue weighted by Crippen LogP contribution is 2.21. The number of ether oxygens (including phenoxy) is 1. The van der Waals surface area contributed by atoms with Crippen molar-refractivity contribution in [3.05, 3.63) is 95.8 Å². The van der Waals surface area contributed by atoms with Gasteiger partial charge in [0, 0.05) is 24.4 Å². The Bertz CT molecular complexity index is 1020. The van der Waals surface area contributed by atoms with Gasteiger partial charge in [0.25, 0.3) is 0 Å². The molecule has 0 aliphatic heterocycles. The molecule has 2 N–H and O–H groups in total. The Morgan fingerprint density at radius 2 is 1.61 bits per heavy atom. The van der Waals surface area contributed by atoms with Crippen LogP contribution >= 0.6 is 0 Å². The van der Waals surface area contributed by atoms with Crippen LogP contribution in [0.15, 0.2) is 79.1 Å². The summed E-state index contributed by atoms with van der Waals surface area (Å²) >= 11 is 0. The van der Waals surface area contributed by atoms with Gasteiger partial charge in [-0.15, -0.1) is 0 Å². The maximum atomic E-state index is 13.1. The average molecular weight is 446 g/mol. The lowest BCUT2D eigenvalue weighted by atomic mass is 10.0. The Morgan fingerprint density at radius 3 is 2.24 bits per heavy atom. The number of rotatable bonds is 10. The van der Waals surface area contributed by atoms with Gasteiger partial charge >= 0.3 is 0 Å². The van der Waals surface area contributed by atoms with E-state index in [9.17, 15) is 9.59 Å². The topological polar surface area (TPSA) is 80.3 Å². The molecule has 0 spiro atoms.